The second-order valence-corrected chi connectivity index (χ2v) is 5.40. The Hall–Kier alpha value is -0.860. The molecule has 1 aliphatic rings. The molecule has 1 heterocycles. The Bertz CT molecular complexity index is 377. The third-order valence-electron chi connectivity index (χ3n) is 4.10. The van der Waals surface area contributed by atoms with E-state index in [0.717, 1.165) is 26.0 Å². The van der Waals surface area contributed by atoms with Gasteiger partial charge in [-0.05, 0) is 49.8 Å². The van der Waals surface area contributed by atoms with Crippen LogP contribution < -0.4 is 5.32 Å². The van der Waals surface area contributed by atoms with Gasteiger partial charge >= 0.3 is 0 Å². The van der Waals surface area contributed by atoms with Crippen LogP contribution in [0.1, 0.15) is 56.8 Å². The maximum absolute atomic E-state index is 5.96. The highest BCUT2D eigenvalue weighted by atomic mass is 16.5. The smallest absolute Gasteiger partial charge is 0.0827 e. The SMILES string of the molecule is CCNC(CC)CCCC1OCCc2ccccc21. The molecule has 1 aromatic carbocycles. The molecule has 0 bridgehead atoms. The zero-order valence-corrected chi connectivity index (χ0v) is 12.3. The monoisotopic (exact) mass is 261 g/mol. The van der Waals surface area contributed by atoms with Crippen LogP contribution >= 0.6 is 0 Å². The predicted octanol–water partition coefficient (Wildman–Crippen LogP) is 3.86. The Kier molecular flexibility index (Phi) is 5.87. The maximum Gasteiger partial charge on any atom is 0.0827 e. The lowest BCUT2D eigenvalue weighted by atomic mass is 9.93. The van der Waals surface area contributed by atoms with E-state index in [9.17, 15) is 0 Å². The molecule has 2 nitrogen and oxygen atoms in total. The van der Waals surface area contributed by atoms with Crippen molar-refractivity contribution < 1.29 is 4.74 Å². The number of rotatable bonds is 7. The second kappa shape index (κ2) is 7.66. The number of benzene rings is 1. The van der Waals surface area contributed by atoms with Gasteiger partial charge < -0.3 is 10.1 Å². The Morgan fingerprint density at radius 2 is 2.16 bits per heavy atom. The molecule has 2 atom stereocenters. The fraction of sp³-hybridized carbons (Fsp3) is 0.647. The van der Waals surface area contributed by atoms with Gasteiger partial charge in [-0.25, -0.2) is 0 Å². The summed E-state index contributed by atoms with van der Waals surface area (Å²) in [7, 11) is 0. The minimum Gasteiger partial charge on any atom is -0.373 e. The quantitative estimate of drug-likeness (QED) is 0.804. The van der Waals surface area contributed by atoms with Crippen molar-refractivity contribution in [1.29, 1.82) is 0 Å². The minimum atomic E-state index is 0.323. The second-order valence-electron chi connectivity index (χ2n) is 5.40. The molecule has 0 aliphatic carbocycles. The summed E-state index contributed by atoms with van der Waals surface area (Å²) < 4.78 is 5.96. The molecular weight excluding hydrogens is 234 g/mol. The van der Waals surface area contributed by atoms with Crippen LogP contribution in [0.3, 0.4) is 0 Å². The highest BCUT2D eigenvalue weighted by Gasteiger charge is 2.20. The van der Waals surface area contributed by atoms with Crippen LogP contribution in [-0.4, -0.2) is 19.2 Å². The maximum atomic E-state index is 5.96. The summed E-state index contributed by atoms with van der Waals surface area (Å²) in [5.41, 5.74) is 2.91. The molecule has 0 spiro atoms. The molecule has 1 N–H and O–H groups in total. The molecular formula is C17H27NO. The largest absolute Gasteiger partial charge is 0.373 e. The van der Waals surface area contributed by atoms with Crippen molar-refractivity contribution in [2.75, 3.05) is 13.2 Å². The summed E-state index contributed by atoms with van der Waals surface area (Å²) >= 11 is 0. The molecule has 0 amide bonds. The molecule has 2 heteroatoms. The van der Waals surface area contributed by atoms with Gasteiger partial charge in [-0.3, -0.25) is 0 Å². The van der Waals surface area contributed by atoms with Crippen LogP contribution in [-0.2, 0) is 11.2 Å². The van der Waals surface area contributed by atoms with Crippen molar-refractivity contribution >= 4 is 0 Å². The lowest BCUT2D eigenvalue weighted by molar-refractivity contribution is 0.0344. The summed E-state index contributed by atoms with van der Waals surface area (Å²) in [4.78, 5) is 0. The van der Waals surface area contributed by atoms with E-state index in [0.29, 0.717) is 12.1 Å². The summed E-state index contributed by atoms with van der Waals surface area (Å²) in [6.07, 6.45) is 6.26. The molecule has 1 aromatic rings. The van der Waals surface area contributed by atoms with Gasteiger partial charge in [0.2, 0.25) is 0 Å². The minimum absolute atomic E-state index is 0.323. The standard InChI is InChI=1S/C17H27NO/c1-3-15(18-4-2)9-7-11-17-16-10-6-5-8-14(16)12-13-19-17/h5-6,8,10,15,17-18H,3-4,7,9,11-13H2,1-2H3. The van der Waals surface area contributed by atoms with Crippen LogP contribution in [0, 0.1) is 0 Å². The first-order valence-electron chi connectivity index (χ1n) is 7.78. The third kappa shape index (κ3) is 4.05. The number of hydrogen-bond donors (Lipinski definition) is 1. The Morgan fingerprint density at radius 3 is 2.95 bits per heavy atom. The van der Waals surface area contributed by atoms with Crippen LogP contribution in [0.25, 0.3) is 0 Å². The molecule has 0 saturated carbocycles. The van der Waals surface area contributed by atoms with Gasteiger partial charge in [-0.2, -0.15) is 0 Å². The van der Waals surface area contributed by atoms with E-state index in [4.69, 9.17) is 4.74 Å². The number of nitrogens with one attached hydrogen (secondary N) is 1. The summed E-state index contributed by atoms with van der Waals surface area (Å²) in [6, 6.07) is 9.43. The normalized spacial score (nSPS) is 20.0. The average molecular weight is 261 g/mol. The number of ether oxygens (including phenoxy) is 1. The van der Waals surface area contributed by atoms with Crippen LogP contribution in [0.15, 0.2) is 24.3 Å². The van der Waals surface area contributed by atoms with Crippen molar-refractivity contribution in [3.63, 3.8) is 0 Å². The predicted molar refractivity (Wildman–Crippen MR) is 80.4 cm³/mol. The van der Waals surface area contributed by atoms with Crippen LogP contribution in [0.4, 0.5) is 0 Å². The van der Waals surface area contributed by atoms with E-state index >= 15 is 0 Å². The molecule has 0 saturated heterocycles. The highest BCUT2D eigenvalue weighted by molar-refractivity contribution is 5.30. The van der Waals surface area contributed by atoms with Crippen LogP contribution in [0.5, 0.6) is 0 Å². The molecule has 2 rings (SSSR count). The Morgan fingerprint density at radius 1 is 1.32 bits per heavy atom. The number of fused-ring (bicyclic) bond motifs is 1. The van der Waals surface area contributed by atoms with Crippen molar-refractivity contribution in [2.24, 2.45) is 0 Å². The molecule has 1 aliphatic heterocycles. The van der Waals surface area contributed by atoms with E-state index in [1.165, 1.54) is 30.4 Å². The zero-order valence-electron chi connectivity index (χ0n) is 12.3. The molecule has 0 fully saturated rings. The van der Waals surface area contributed by atoms with E-state index in [2.05, 4.69) is 43.4 Å². The van der Waals surface area contributed by atoms with E-state index in [1.54, 1.807) is 0 Å². The average Bonchev–Trinajstić information content (AvgIpc) is 2.46. The van der Waals surface area contributed by atoms with Crippen LogP contribution in [0.2, 0.25) is 0 Å². The highest BCUT2D eigenvalue weighted by Crippen LogP contribution is 2.30. The van der Waals surface area contributed by atoms with Crippen molar-refractivity contribution in [3.8, 4) is 0 Å². The first kappa shape index (κ1) is 14.5. The van der Waals surface area contributed by atoms with Gasteiger partial charge in [0.1, 0.15) is 0 Å². The van der Waals surface area contributed by atoms with Gasteiger partial charge in [-0.1, -0.05) is 38.1 Å². The van der Waals surface area contributed by atoms with Crippen molar-refractivity contribution in [2.45, 2.75) is 58.1 Å². The van der Waals surface area contributed by atoms with Gasteiger partial charge in [-0.15, -0.1) is 0 Å². The molecule has 106 valence electrons. The summed E-state index contributed by atoms with van der Waals surface area (Å²) in [6.45, 7) is 6.40. The lowest BCUT2D eigenvalue weighted by Crippen LogP contribution is -2.28. The van der Waals surface area contributed by atoms with Gasteiger partial charge in [0, 0.05) is 6.04 Å². The van der Waals surface area contributed by atoms with E-state index in [-0.39, 0.29) is 0 Å². The lowest BCUT2D eigenvalue weighted by Gasteiger charge is -2.26. The molecule has 2 unspecified atom stereocenters. The topological polar surface area (TPSA) is 21.3 Å². The van der Waals surface area contributed by atoms with E-state index in [1.807, 2.05) is 0 Å². The van der Waals surface area contributed by atoms with Gasteiger partial charge in [0.15, 0.2) is 0 Å². The molecule has 0 aromatic heterocycles. The summed E-state index contributed by atoms with van der Waals surface area (Å²) in [5, 5.41) is 3.55. The van der Waals surface area contributed by atoms with E-state index < -0.39 is 0 Å². The zero-order chi connectivity index (χ0) is 13.5. The van der Waals surface area contributed by atoms with Gasteiger partial charge in [0.05, 0.1) is 12.7 Å². The summed E-state index contributed by atoms with van der Waals surface area (Å²) in [5.74, 6) is 0. The Balaban J connectivity index is 1.84. The first-order chi connectivity index (χ1) is 9.35. The fourth-order valence-electron chi connectivity index (χ4n) is 3.00. The molecule has 0 radical (unpaired) electrons. The van der Waals surface area contributed by atoms with Gasteiger partial charge in [0.25, 0.3) is 0 Å². The number of hydrogen-bond acceptors (Lipinski definition) is 2. The van der Waals surface area contributed by atoms with Crippen molar-refractivity contribution in [3.05, 3.63) is 35.4 Å². The third-order valence-corrected chi connectivity index (χ3v) is 4.10. The molecule has 19 heavy (non-hydrogen) atoms. The Labute approximate surface area is 117 Å². The van der Waals surface area contributed by atoms with Crippen molar-refractivity contribution in [1.82, 2.24) is 5.32 Å². The fourth-order valence-corrected chi connectivity index (χ4v) is 3.00. The first-order valence-corrected chi connectivity index (χ1v) is 7.78.